The summed E-state index contributed by atoms with van der Waals surface area (Å²) in [6, 6.07) is 9.77. The third-order valence-electron chi connectivity index (χ3n) is 5.42. The van der Waals surface area contributed by atoms with Crippen LogP contribution in [0.25, 0.3) is 0 Å². The first kappa shape index (κ1) is 15.1. The van der Waals surface area contributed by atoms with Crippen molar-refractivity contribution in [3.05, 3.63) is 35.9 Å². The zero-order valence-corrected chi connectivity index (χ0v) is 12.8. The van der Waals surface area contributed by atoms with Crippen LogP contribution in [0.2, 0.25) is 0 Å². The first-order chi connectivity index (χ1) is 10.6. The number of hydrogen-bond acceptors (Lipinski definition) is 3. The summed E-state index contributed by atoms with van der Waals surface area (Å²) in [4.78, 5) is 24.1. The Morgan fingerprint density at radius 1 is 1.18 bits per heavy atom. The Bertz CT molecular complexity index is 557. The number of carboxylic acid groups (broad SMARTS) is 1. The molecule has 22 heavy (non-hydrogen) atoms. The van der Waals surface area contributed by atoms with E-state index in [-0.39, 0.29) is 23.8 Å². The van der Waals surface area contributed by atoms with Crippen molar-refractivity contribution in [3.8, 4) is 0 Å². The van der Waals surface area contributed by atoms with Crippen LogP contribution in [0, 0.1) is 23.7 Å². The molecular formula is C18H22NO3-. The predicted octanol–water partition coefficient (Wildman–Crippen LogP) is 1.67. The summed E-state index contributed by atoms with van der Waals surface area (Å²) < 4.78 is 0. The van der Waals surface area contributed by atoms with E-state index < -0.39 is 17.8 Å². The van der Waals surface area contributed by atoms with Crippen molar-refractivity contribution in [2.45, 2.75) is 38.6 Å². The lowest BCUT2D eigenvalue weighted by atomic mass is 9.78. The maximum atomic E-state index is 12.7. The van der Waals surface area contributed by atoms with Crippen molar-refractivity contribution in [1.82, 2.24) is 5.32 Å². The molecule has 0 saturated heterocycles. The Labute approximate surface area is 130 Å². The Hall–Kier alpha value is -1.84. The van der Waals surface area contributed by atoms with Gasteiger partial charge in [-0.15, -0.1) is 0 Å². The molecule has 1 aromatic carbocycles. The van der Waals surface area contributed by atoms with Crippen LogP contribution in [-0.2, 0) is 9.59 Å². The molecule has 0 radical (unpaired) electrons. The van der Waals surface area contributed by atoms with Gasteiger partial charge < -0.3 is 15.2 Å². The predicted molar refractivity (Wildman–Crippen MR) is 80.4 cm³/mol. The standard InChI is InChI=1S/C18H23NO3/c1-2-14(11-6-4-3-5-7-11)19-17(20)15-12-8-9-13(10-12)16(15)18(21)22/h3-7,12-16H,2,8-10H2,1H3,(H,19,20)(H,21,22)/p-1/t12-,13+,14-,15+,16+/m1/s1. The monoisotopic (exact) mass is 300 g/mol. The van der Waals surface area contributed by atoms with E-state index in [1.54, 1.807) is 0 Å². The normalized spacial score (nSPS) is 31.0. The van der Waals surface area contributed by atoms with Crippen LogP contribution in [0.5, 0.6) is 0 Å². The number of rotatable bonds is 5. The van der Waals surface area contributed by atoms with Gasteiger partial charge in [-0.05, 0) is 43.1 Å². The number of hydrogen-bond donors (Lipinski definition) is 1. The highest BCUT2D eigenvalue weighted by atomic mass is 16.4. The van der Waals surface area contributed by atoms with E-state index in [1.165, 1.54) is 0 Å². The molecule has 0 aliphatic heterocycles. The number of carboxylic acids is 1. The van der Waals surface area contributed by atoms with Gasteiger partial charge in [0.25, 0.3) is 0 Å². The minimum atomic E-state index is -1.06. The maximum Gasteiger partial charge on any atom is 0.224 e. The fraction of sp³-hybridized carbons (Fsp3) is 0.556. The number of amides is 1. The maximum absolute atomic E-state index is 12.7. The topological polar surface area (TPSA) is 69.2 Å². The van der Waals surface area contributed by atoms with Crippen molar-refractivity contribution in [2.75, 3.05) is 0 Å². The lowest BCUT2D eigenvalue weighted by molar-refractivity contribution is -0.314. The SMILES string of the molecule is CC[C@@H](NC(=O)[C@H]1[C@@H]2CC[C@@H](C2)[C@@H]1C(=O)[O-])c1ccccc1. The molecule has 1 aromatic rings. The van der Waals surface area contributed by atoms with Gasteiger partial charge in [0.15, 0.2) is 0 Å². The summed E-state index contributed by atoms with van der Waals surface area (Å²) in [7, 11) is 0. The molecule has 2 fully saturated rings. The van der Waals surface area contributed by atoms with Crippen LogP contribution in [0.3, 0.4) is 0 Å². The second kappa shape index (κ2) is 6.11. The summed E-state index contributed by atoms with van der Waals surface area (Å²) in [6.07, 6.45) is 3.53. The van der Waals surface area contributed by atoms with Gasteiger partial charge >= 0.3 is 0 Å². The number of carbonyl (C=O) groups excluding carboxylic acids is 2. The minimum absolute atomic E-state index is 0.0600. The van der Waals surface area contributed by atoms with Gasteiger partial charge in [0.2, 0.25) is 5.91 Å². The molecule has 0 heterocycles. The van der Waals surface area contributed by atoms with E-state index >= 15 is 0 Å². The molecule has 1 amide bonds. The molecule has 118 valence electrons. The second-order valence-electron chi connectivity index (χ2n) is 6.58. The molecule has 3 rings (SSSR count). The molecule has 2 aliphatic carbocycles. The van der Waals surface area contributed by atoms with Gasteiger partial charge in [-0.3, -0.25) is 4.79 Å². The summed E-state index contributed by atoms with van der Waals surface area (Å²) in [5, 5.41) is 14.5. The highest BCUT2D eigenvalue weighted by molar-refractivity contribution is 5.85. The zero-order valence-electron chi connectivity index (χ0n) is 12.8. The van der Waals surface area contributed by atoms with Crippen LogP contribution in [0.15, 0.2) is 30.3 Å². The molecule has 2 saturated carbocycles. The van der Waals surface area contributed by atoms with Gasteiger partial charge in [-0.25, -0.2) is 0 Å². The lowest BCUT2D eigenvalue weighted by Crippen LogP contribution is -2.46. The van der Waals surface area contributed by atoms with E-state index in [0.717, 1.165) is 31.2 Å². The average molecular weight is 300 g/mol. The number of aliphatic carboxylic acids is 1. The number of nitrogens with one attached hydrogen (secondary N) is 1. The van der Waals surface area contributed by atoms with Crippen LogP contribution in [-0.4, -0.2) is 11.9 Å². The van der Waals surface area contributed by atoms with Crippen LogP contribution in [0.1, 0.15) is 44.2 Å². The molecule has 0 aromatic heterocycles. The molecule has 0 spiro atoms. The molecule has 0 unspecified atom stereocenters. The quantitative estimate of drug-likeness (QED) is 0.899. The Balaban J connectivity index is 1.74. The molecule has 4 heteroatoms. The summed E-state index contributed by atoms with van der Waals surface area (Å²) in [5.74, 6) is -1.85. The van der Waals surface area contributed by atoms with Crippen molar-refractivity contribution >= 4 is 11.9 Å². The van der Waals surface area contributed by atoms with E-state index in [1.807, 2.05) is 37.3 Å². The highest BCUT2D eigenvalue weighted by Crippen LogP contribution is 2.52. The highest BCUT2D eigenvalue weighted by Gasteiger charge is 2.51. The Morgan fingerprint density at radius 3 is 2.41 bits per heavy atom. The van der Waals surface area contributed by atoms with Crippen molar-refractivity contribution < 1.29 is 14.7 Å². The second-order valence-corrected chi connectivity index (χ2v) is 6.58. The van der Waals surface area contributed by atoms with Gasteiger partial charge in [-0.2, -0.15) is 0 Å². The molecule has 2 bridgehead atoms. The Kier molecular flexibility index (Phi) is 4.19. The molecule has 2 aliphatic rings. The summed E-state index contributed by atoms with van der Waals surface area (Å²) in [5.41, 5.74) is 1.06. The van der Waals surface area contributed by atoms with Crippen molar-refractivity contribution in [3.63, 3.8) is 0 Å². The largest absolute Gasteiger partial charge is 0.550 e. The van der Waals surface area contributed by atoms with Crippen LogP contribution < -0.4 is 10.4 Å². The van der Waals surface area contributed by atoms with Crippen LogP contribution in [0.4, 0.5) is 0 Å². The molecule has 1 N–H and O–H groups in total. The third-order valence-corrected chi connectivity index (χ3v) is 5.42. The van der Waals surface area contributed by atoms with Gasteiger partial charge in [0, 0.05) is 17.8 Å². The Morgan fingerprint density at radius 2 is 1.82 bits per heavy atom. The van der Waals surface area contributed by atoms with E-state index in [9.17, 15) is 14.7 Å². The van der Waals surface area contributed by atoms with Crippen molar-refractivity contribution in [2.24, 2.45) is 23.7 Å². The fourth-order valence-electron chi connectivity index (χ4n) is 4.38. The van der Waals surface area contributed by atoms with Crippen molar-refractivity contribution in [1.29, 1.82) is 0 Å². The summed E-state index contributed by atoms with van der Waals surface area (Å²) >= 11 is 0. The van der Waals surface area contributed by atoms with E-state index in [4.69, 9.17) is 0 Å². The van der Waals surface area contributed by atoms with Crippen LogP contribution >= 0.6 is 0 Å². The van der Waals surface area contributed by atoms with Gasteiger partial charge in [-0.1, -0.05) is 37.3 Å². The number of fused-ring (bicyclic) bond motifs is 2. The molecule has 5 atom stereocenters. The lowest BCUT2D eigenvalue weighted by Gasteiger charge is -2.32. The first-order valence-corrected chi connectivity index (χ1v) is 8.18. The third kappa shape index (κ3) is 2.62. The zero-order chi connectivity index (χ0) is 15.7. The first-order valence-electron chi connectivity index (χ1n) is 8.18. The molecular weight excluding hydrogens is 278 g/mol. The number of carbonyl (C=O) groups is 2. The summed E-state index contributed by atoms with van der Waals surface area (Å²) in [6.45, 7) is 2.02. The molecule has 4 nitrogen and oxygen atoms in total. The minimum Gasteiger partial charge on any atom is -0.550 e. The fourth-order valence-corrected chi connectivity index (χ4v) is 4.38. The van der Waals surface area contributed by atoms with Gasteiger partial charge in [0.1, 0.15) is 0 Å². The smallest absolute Gasteiger partial charge is 0.224 e. The average Bonchev–Trinajstić information content (AvgIpc) is 3.14. The van der Waals surface area contributed by atoms with Gasteiger partial charge in [0.05, 0.1) is 6.04 Å². The number of benzene rings is 1. The van der Waals surface area contributed by atoms with E-state index in [2.05, 4.69) is 5.32 Å². The van der Waals surface area contributed by atoms with E-state index in [0.29, 0.717) is 0 Å².